The van der Waals surface area contributed by atoms with Crippen molar-refractivity contribution in [3.05, 3.63) is 52.0 Å². The van der Waals surface area contributed by atoms with Crippen molar-refractivity contribution in [3.63, 3.8) is 0 Å². The lowest BCUT2D eigenvalue weighted by Crippen LogP contribution is -2.50. The average Bonchev–Trinajstić information content (AvgIpc) is 3.02. The maximum absolute atomic E-state index is 12.5. The van der Waals surface area contributed by atoms with Crippen LogP contribution < -0.4 is 10.6 Å². The lowest BCUT2D eigenvalue weighted by atomic mass is 9.98. The maximum Gasteiger partial charge on any atom is 0.251 e. The first-order valence-corrected chi connectivity index (χ1v) is 8.93. The number of benzene rings is 1. The van der Waals surface area contributed by atoms with Gasteiger partial charge in [0.05, 0.1) is 6.54 Å². The minimum absolute atomic E-state index is 0.0377. The number of carbonyl (C=O) groups is 2. The Hall–Kier alpha value is -2.21. The van der Waals surface area contributed by atoms with Crippen LogP contribution in [0.4, 0.5) is 0 Å². The second-order valence-corrected chi connectivity index (χ2v) is 6.75. The van der Waals surface area contributed by atoms with Gasteiger partial charge in [-0.1, -0.05) is 38.5 Å². The highest BCUT2D eigenvalue weighted by molar-refractivity contribution is 7.09. The van der Waals surface area contributed by atoms with Gasteiger partial charge in [0.1, 0.15) is 11.0 Å². The molecule has 0 saturated carbocycles. The molecule has 1 aromatic heterocycles. The van der Waals surface area contributed by atoms with E-state index in [1.807, 2.05) is 32.2 Å². The molecule has 0 spiro atoms. The average molecular weight is 345 g/mol. The van der Waals surface area contributed by atoms with Gasteiger partial charge in [-0.2, -0.15) is 0 Å². The molecule has 2 aromatic rings. The number of nitrogens with zero attached hydrogens (tertiary/aromatic N) is 1. The summed E-state index contributed by atoms with van der Waals surface area (Å²) in [5, 5.41) is 8.54. The van der Waals surface area contributed by atoms with E-state index >= 15 is 0 Å². The van der Waals surface area contributed by atoms with Crippen LogP contribution in [0.2, 0.25) is 0 Å². The molecule has 0 aliphatic carbocycles. The largest absolute Gasteiger partial charge is 0.348 e. The summed E-state index contributed by atoms with van der Waals surface area (Å²) in [6.45, 7) is 6.27. The molecular weight excluding hydrogens is 322 g/mol. The molecule has 2 atom stereocenters. The second-order valence-electron chi connectivity index (χ2n) is 5.80. The summed E-state index contributed by atoms with van der Waals surface area (Å²) in [6, 6.07) is 8.36. The molecule has 1 aromatic carbocycles. The van der Waals surface area contributed by atoms with E-state index in [1.165, 1.54) is 11.3 Å². The van der Waals surface area contributed by atoms with Crippen molar-refractivity contribution in [2.45, 2.75) is 39.8 Å². The number of carbonyl (C=O) groups excluding carboxylic acids is 2. The Bertz CT molecular complexity index is 685. The number of hydrogen-bond donors (Lipinski definition) is 2. The van der Waals surface area contributed by atoms with E-state index in [1.54, 1.807) is 24.3 Å². The second kappa shape index (κ2) is 8.59. The van der Waals surface area contributed by atoms with Gasteiger partial charge in [-0.05, 0) is 25.0 Å². The van der Waals surface area contributed by atoms with Crippen LogP contribution in [0.15, 0.2) is 35.7 Å². The number of hydrogen-bond acceptors (Lipinski definition) is 4. The topological polar surface area (TPSA) is 71.1 Å². The highest BCUT2D eigenvalue weighted by Gasteiger charge is 2.26. The van der Waals surface area contributed by atoms with E-state index in [2.05, 4.69) is 15.6 Å². The molecule has 0 radical (unpaired) electrons. The van der Waals surface area contributed by atoms with E-state index < -0.39 is 6.04 Å². The van der Waals surface area contributed by atoms with Crippen LogP contribution in [0, 0.1) is 12.8 Å². The standard InChI is InChI=1S/C18H23N3O2S/c1-4-12(2)16(21-17(22)14-8-6-5-7-9-14)18(23)19-10-15-20-13(3)11-24-15/h5-9,11-12,16H,4,10H2,1-3H3,(H,19,23)(H,21,22)/t12-,16-/m0/s1. The molecule has 0 bridgehead atoms. The Morgan fingerprint density at radius 3 is 2.54 bits per heavy atom. The predicted molar refractivity (Wildman–Crippen MR) is 95.8 cm³/mol. The van der Waals surface area contributed by atoms with Gasteiger partial charge in [-0.25, -0.2) is 4.98 Å². The predicted octanol–water partition coefficient (Wildman–Crippen LogP) is 2.91. The fourth-order valence-corrected chi connectivity index (χ4v) is 2.98. The Morgan fingerprint density at radius 2 is 1.96 bits per heavy atom. The van der Waals surface area contributed by atoms with Crippen molar-refractivity contribution in [3.8, 4) is 0 Å². The smallest absolute Gasteiger partial charge is 0.251 e. The third-order valence-electron chi connectivity index (χ3n) is 3.90. The first kappa shape index (κ1) is 18.1. The molecule has 128 valence electrons. The fourth-order valence-electron chi connectivity index (χ4n) is 2.27. The maximum atomic E-state index is 12.5. The van der Waals surface area contributed by atoms with E-state index in [0.717, 1.165) is 17.1 Å². The Kier molecular flexibility index (Phi) is 6.49. The fraction of sp³-hybridized carbons (Fsp3) is 0.389. The van der Waals surface area contributed by atoms with Gasteiger partial charge < -0.3 is 10.6 Å². The van der Waals surface area contributed by atoms with Crippen molar-refractivity contribution in [1.29, 1.82) is 0 Å². The summed E-state index contributed by atoms with van der Waals surface area (Å²) < 4.78 is 0. The Balaban J connectivity index is 2.01. The van der Waals surface area contributed by atoms with Gasteiger partial charge in [-0.3, -0.25) is 9.59 Å². The zero-order chi connectivity index (χ0) is 17.5. The SMILES string of the molecule is CC[C@H](C)[C@H](NC(=O)c1ccccc1)C(=O)NCc1nc(C)cs1. The minimum Gasteiger partial charge on any atom is -0.348 e. The summed E-state index contributed by atoms with van der Waals surface area (Å²) >= 11 is 1.51. The number of aromatic nitrogens is 1. The summed E-state index contributed by atoms with van der Waals surface area (Å²) in [6.07, 6.45) is 0.795. The molecule has 0 saturated heterocycles. The molecule has 1 heterocycles. The number of thiazole rings is 1. The van der Waals surface area contributed by atoms with Crippen molar-refractivity contribution >= 4 is 23.2 Å². The summed E-state index contributed by atoms with van der Waals surface area (Å²) in [7, 11) is 0. The van der Waals surface area contributed by atoms with Gasteiger partial charge in [0, 0.05) is 16.6 Å². The Morgan fingerprint density at radius 1 is 1.25 bits per heavy atom. The molecule has 0 fully saturated rings. The third kappa shape index (κ3) is 4.89. The van der Waals surface area contributed by atoms with E-state index in [0.29, 0.717) is 12.1 Å². The quantitative estimate of drug-likeness (QED) is 0.810. The van der Waals surface area contributed by atoms with Crippen LogP contribution in [0.25, 0.3) is 0 Å². The third-order valence-corrected chi connectivity index (χ3v) is 4.87. The minimum atomic E-state index is -0.566. The Labute approximate surface area is 146 Å². The van der Waals surface area contributed by atoms with Crippen LogP contribution >= 0.6 is 11.3 Å². The van der Waals surface area contributed by atoms with Crippen molar-refractivity contribution in [2.24, 2.45) is 5.92 Å². The molecule has 2 rings (SSSR count). The number of amides is 2. The van der Waals surface area contributed by atoms with Gasteiger partial charge >= 0.3 is 0 Å². The lowest BCUT2D eigenvalue weighted by Gasteiger charge is -2.23. The highest BCUT2D eigenvalue weighted by atomic mass is 32.1. The molecule has 2 N–H and O–H groups in total. The van der Waals surface area contributed by atoms with E-state index in [4.69, 9.17) is 0 Å². The normalized spacial score (nSPS) is 13.1. The molecule has 5 nitrogen and oxygen atoms in total. The number of aryl methyl sites for hydroxylation is 1. The molecular formula is C18H23N3O2S. The van der Waals surface area contributed by atoms with Crippen molar-refractivity contribution < 1.29 is 9.59 Å². The van der Waals surface area contributed by atoms with Crippen LogP contribution in [0.3, 0.4) is 0 Å². The van der Waals surface area contributed by atoms with E-state index in [9.17, 15) is 9.59 Å². The van der Waals surface area contributed by atoms with Gasteiger partial charge in [0.25, 0.3) is 5.91 Å². The van der Waals surface area contributed by atoms with Crippen LogP contribution in [0.1, 0.15) is 41.3 Å². The molecule has 2 amide bonds. The number of rotatable bonds is 7. The summed E-state index contributed by atoms with van der Waals surface area (Å²) in [5.41, 5.74) is 1.49. The van der Waals surface area contributed by atoms with Crippen LogP contribution in [-0.2, 0) is 11.3 Å². The summed E-state index contributed by atoms with van der Waals surface area (Å²) in [4.78, 5) is 29.2. The zero-order valence-corrected chi connectivity index (χ0v) is 15.0. The van der Waals surface area contributed by atoms with Crippen molar-refractivity contribution in [2.75, 3.05) is 0 Å². The first-order valence-electron chi connectivity index (χ1n) is 8.06. The molecule has 0 unspecified atom stereocenters. The number of nitrogens with one attached hydrogen (secondary N) is 2. The molecule has 24 heavy (non-hydrogen) atoms. The summed E-state index contributed by atoms with van der Waals surface area (Å²) in [5.74, 6) is -0.377. The molecule has 0 aliphatic heterocycles. The lowest BCUT2D eigenvalue weighted by molar-refractivity contribution is -0.124. The monoisotopic (exact) mass is 345 g/mol. The zero-order valence-electron chi connectivity index (χ0n) is 14.2. The van der Waals surface area contributed by atoms with Gasteiger partial charge in [0.2, 0.25) is 5.91 Å². The first-order chi connectivity index (χ1) is 11.5. The molecule has 6 heteroatoms. The van der Waals surface area contributed by atoms with Crippen LogP contribution in [-0.4, -0.2) is 22.8 Å². The molecule has 0 aliphatic rings. The van der Waals surface area contributed by atoms with Crippen molar-refractivity contribution in [1.82, 2.24) is 15.6 Å². The van der Waals surface area contributed by atoms with Crippen LogP contribution in [0.5, 0.6) is 0 Å². The van der Waals surface area contributed by atoms with E-state index in [-0.39, 0.29) is 17.7 Å². The van der Waals surface area contributed by atoms with Gasteiger partial charge in [-0.15, -0.1) is 11.3 Å². The van der Waals surface area contributed by atoms with Gasteiger partial charge in [0.15, 0.2) is 0 Å². The highest BCUT2D eigenvalue weighted by Crippen LogP contribution is 2.11.